The van der Waals surface area contributed by atoms with Crippen molar-refractivity contribution in [3.63, 3.8) is 0 Å². The van der Waals surface area contributed by atoms with Crippen LogP contribution in [0.2, 0.25) is 0 Å². The number of carboxylic acids is 1. The number of hydrogen-bond acceptors (Lipinski definition) is 3. The second kappa shape index (κ2) is 8.05. The van der Waals surface area contributed by atoms with Gasteiger partial charge >= 0.3 is 5.97 Å². The summed E-state index contributed by atoms with van der Waals surface area (Å²) in [4.78, 5) is 43.1. The first-order valence-corrected chi connectivity index (χ1v) is 14.9. The van der Waals surface area contributed by atoms with Crippen LogP contribution in [0.4, 0.5) is 5.69 Å². The predicted octanol–water partition coefficient (Wildman–Crippen LogP) is 6.86. The first kappa shape index (κ1) is 25.0. The Hall–Kier alpha value is -2.95. The molecule has 2 amide bonds. The molecule has 6 aliphatic rings. The van der Waals surface area contributed by atoms with Crippen LogP contribution in [0, 0.1) is 51.8 Å². The Morgan fingerprint density at radius 3 is 2.46 bits per heavy atom. The zero-order valence-electron chi connectivity index (χ0n) is 23.4. The molecule has 2 aromatic rings. The molecule has 204 valence electrons. The molecular formula is C34H39NO4. The lowest BCUT2D eigenvalue weighted by Crippen LogP contribution is -2.65. The van der Waals surface area contributed by atoms with Crippen molar-refractivity contribution in [2.75, 3.05) is 4.90 Å². The van der Waals surface area contributed by atoms with Crippen LogP contribution in [0.15, 0.2) is 54.1 Å². The van der Waals surface area contributed by atoms with E-state index in [1.165, 1.54) is 10.5 Å². The fraction of sp³-hybridized carbons (Fsp3) is 0.559. The number of amides is 2. The third-order valence-electron chi connectivity index (χ3n) is 12.2. The summed E-state index contributed by atoms with van der Waals surface area (Å²) >= 11 is 0. The summed E-state index contributed by atoms with van der Waals surface area (Å²) in [7, 11) is 0. The van der Waals surface area contributed by atoms with E-state index in [1.54, 1.807) is 0 Å². The number of carbonyl (C=O) groups is 3. The molecule has 4 fully saturated rings. The van der Waals surface area contributed by atoms with Gasteiger partial charge in [-0.3, -0.25) is 14.4 Å². The number of imide groups is 1. The van der Waals surface area contributed by atoms with Crippen molar-refractivity contribution in [3.8, 4) is 0 Å². The Morgan fingerprint density at radius 2 is 1.72 bits per heavy atom. The second-order valence-corrected chi connectivity index (χ2v) is 14.0. The number of benzene rings is 2. The van der Waals surface area contributed by atoms with Gasteiger partial charge in [0.25, 0.3) is 0 Å². The smallest absolute Gasteiger partial charge is 0.309 e. The standard InChI is InChI=1S/C34H39NO4/c1-19(2)23-18-34-16-13-25-32(3,14-8-15-33(25,4)31(38)39)26(34)17-22(23)27-28(34)30(37)35(29(27)36)24-12-7-10-20-9-5-6-11-21(20)24/h5-7,9-12,18-19,22,25-28H,8,13-17H2,1-4H3,(H,38,39)/t22-,25+,26-,27+,28+,32-,33+,34-/m0/s1. The fourth-order valence-electron chi connectivity index (χ4n) is 10.6. The van der Waals surface area contributed by atoms with E-state index >= 15 is 0 Å². The highest BCUT2D eigenvalue weighted by Gasteiger charge is 2.73. The van der Waals surface area contributed by atoms with E-state index < -0.39 is 16.8 Å². The molecular weight excluding hydrogens is 486 g/mol. The summed E-state index contributed by atoms with van der Waals surface area (Å²) in [5.74, 6) is -0.828. The predicted molar refractivity (Wildman–Crippen MR) is 151 cm³/mol. The number of aliphatic carboxylic acids is 1. The second-order valence-electron chi connectivity index (χ2n) is 14.0. The van der Waals surface area contributed by atoms with Crippen molar-refractivity contribution < 1.29 is 19.5 Å². The van der Waals surface area contributed by atoms with Gasteiger partial charge in [0, 0.05) is 10.8 Å². The molecule has 5 aliphatic carbocycles. The molecule has 1 aliphatic heterocycles. The minimum absolute atomic E-state index is 0.0342. The van der Waals surface area contributed by atoms with Gasteiger partial charge in [-0.25, -0.2) is 4.90 Å². The van der Waals surface area contributed by atoms with Crippen molar-refractivity contribution in [2.24, 2.45) is 51.8 Å². The van der Waals surface area contributed by atoms with Gasteiger partial charge in [0.2, 0.25) is 11.8 Å². The summed E-state index contributed by atoms with van der Waals surface area (Å²) in [5, 5.41) is 12.3. The van der Waals surface area contributed by atoms with Crippen molar-refractivity contribution >= 4 is 34.2 Å². The number of hydrogen-bond donors (Lipinski definition) is 1. The zero-order valence-corrected chi connectivity index (χ0v) is 23.4. The number of fused-ring (bicyclic) bond motifs is 2. The van der Waals surface area contributed by atoms with Gasteiger partial charge in [0.05, 0.1) is 22.9 Å². The van der Waals surface area contributed by atoms with Gasteiger partial charge in [-0.1, -0.05) is 75.2 Å². The number of carbonyl (C=O) groups excluding carboxylic acids is 2. The van der Waals surface area contributed by atoms with E-state index in [0.29, 0.717) is 11.6 Å². The van der Waals surface area contributed by atoms with E-state index in [4.69, 9.17) is 0 Å². The van der Waals surface area contributed by atoms with E-state index in [2.05, 4.69) is 26.8 Å². The highest BCUT2D eigenvalue weighted by molar-refractivity contribution is 6.25. The van der Waals surface area contributed by atoms with Crippen molar-refractivity contribution in [2.45, 2.75) is 66.2 Å². The number of rotatable bonds is 3. The highest BCUT2D eigenvalue weighted by atomic mass is 16.4. The van der Waals surface area contributed by atoms with Crippen molar-refractivity contribution in [3.05, 3.63) is 54.1 Å². The van der Waals surface area contributed by atoms with E-state index in [1.807, 2.05) is 49.4 Å². The molecule has 5 nitrogen and oxygen atoms in total. The SMILES string of the molecule is CC(C)C1=C[C@@]23CC[C@@H]4[C@](C)(CCC[C@@]4(C)C(=O)O)[C@@H]2C[C@@H]1[C@H]1C(=O)N(c2cccc4ccccc24)C(=O)[C@@H]13. The zero-order chi connectivity index (χ0) is 27.5. The number of carboxylic acid groups (broad SMARTS) is 1. The lowest BCUT2D eigenvalue weighted by atomic mass is 9.34. The quantitative estimate of drug-likeness (QED) is 0.351. The minimum atomic E-state index is -0.736. The van der Waals surface area contributed by atoms with Crippen LogP contribution in [-0.2, 0) is 14.4 Å². The van der Waals surface area contributed by atoms with Gasteiger partial charge in [-0.15, -0.1) is 0 Å². The molecule has 0 unspecified atom stereocenters. The van der Waals surface area contributed by atoms with Crippen LogP contribution >= 0.6 is 0 Å². The van der Waals surface area contributed by atoms with Crippen LogP contribution in [0.3, 0.4) is 0 Å². The average molecular weight is 526 g/mol. The molecule has 2 aromatic carbocycles. The van der Waals surface area contributed by atoms with Crippen LogP contribution < -0.4 is 4.90 Å². The Kier molecular flexibility index (Phi) is 5.17. The van der Waals surface area contributed by atoms with E-state index in [9.17, 15) is 19.5 Å². The summed E-state index contributed by atoms with van der Waals surface area (Å²) in [6.07, 6.45) is 7.53. The van der Waals surface area contributed by atoms with Crippen LogP contribution in [0.1, 0.15) is 66.2 Å². The summed E-state index contributed by atoms with van der Waals surface area (Å²) < 4.78 is 0. The van der Waals surface area contributed by atoms with Gasteiger partial charge in [0.15, 0.2) is 0 Å². The largest absolute Gasteiger partial charge is 0.481 e. The number of allylic oxidation sites excluding steroid dienone is 2. The van der Waals surface area contributed by atoms with E-state index in [-0.39, 0.29) is 46.8 Å². The molecule has 1 N–H and O–H groups in total. The highest BCUT2D eigenvalue weighted by Crippen LogP contribution is 2.74. The summed E-state index contributed by atoms with van der Waals surface area (Å²) in [5.41, 5.74) is 0.744. The van der Waals surface area contributed by atoms with Gasteiger partial charge in [0.1, 0.15) is 0 Å². The van der Waals surface area contributed by atoms with Gasteiger partial charge < -0.3 is 5.11 Å². The monoisotopic (exact) mass is 525 g/mol. The normalized spacial score (nSPS) is 40.9. The van der Waals surface area contributed by atoms with Crippen LogP contribution in [0.25, 0.3) is 10.8 Å². The maximum atomic E-state index is 14.6. The Morgan fingerprint density at radius 1 is 0.974 bits per heavy atom. The molecule has 1 saturated heterocycles. The molecule has 39 heavy (non-hydrogen) atoms. The lowest BCUT2D eigenvalue weighted by Gasteiger charge is -2.68. The fourth-order valence-corrected chi connectivity index (χ4v) is 10.6. The van der Waals surface area contributed by atoms with E-state index in [0.717, 1.165) is 49.3 Å². The third kappa shape index (κ3) is 3.00. The number of nitrogens with zero attached hydrogens (tertiary/aromatic N) is 1. The molecule has 2 bridgehead atoms. The van der Waals surface area contributed by atoms with Gasteiger partial charge in [-0.2, -0.15) is 0 Å². The average Bonchev–Trinajstić information content (AvgIpc) is 3.19. The molecule has 0 radical (unpaired) electrons. The van der Waals surface area contributed by atoms with Crippen molar-refractivity contribution in [1.82, 2.24) is 0 Å². The molecule has 8 rings (SSSR count). The molecule has 1 heterocycles. The summed E-state index contributed by atoms with van der Waals surface area (Å²) in [6, 6.07) is 13.9. The van der Waals surface area contributed by atoms with Crippen molar-refractivity contribution in [1.29, 1.82) is 0 Å². The Bertz CT molecular complexity index is 1450. The Labute approximate surface area is 230 Å². The van der Waals surface area contributed by atoms with Gasteiger partial charge in [-0.05, 0) is 79.6 Å². The molecule has 5 heteroatoms. The van der Waals surface area contributed by atoms with Crippen LogP contribution in [-0.4, -0.2) is 22.9 Å². The molecule has 0 aromatic heterocycles. The molecule has 1 spiro atoms. The first-order valence-electron chi connectivity index (χ1n) is 14.9. The third-order valence-corrected chi connectivity index (χ3v) is 12.2. The molecule has 3 saturated carbocycles. The summed E-state index contributed by atoms with van der Waals surface area (Å²) in [6.45, 7) is 8.71. The lowest BCUT2D eigenvalue weighted by molar-refractivity contribution is -0.194. The van der Waals surface area contributed by atoms with Crippen LogP contribution in [0.5, 0.6) is 0 Å². The topological polar surface area (TPSA) is 74.7 Å². The number of anilines is 1. The first-order chi connectivity index (χ1) is 18.5. The maximum Gasteiger partial charge on any atom is 0.309 e. The Balaban J connectivity index is 1.38. The maximum absolute atomic E-state index is 14.6. The minimum Gasteiger partial charge on any atom is -0.481 e. The molecule has 8 atom stereocenters.